The van der Waals surface area contributed by atoms with Gasteiger partial charge in [-0.05, 0) is 56.1 Å². The molecule has 1 aromatic heterocycles. The van der Waals surface area contributed by atoms with Crippen molar-refractivity contribution in [3.8, 4) is 0 Å². The molecule has 18 heavy (non-hydrogen) atoms. The molecule has 0 saturated carbocycles. The van der Waals surface area contributed by atoms with Crippen LogP contribution < -0.4 is 11.1 Å². The van der Waals surface area contributed by atoms with E-state index in [1.54, 1.807) is 36.5 Å². The zero-order valence-corrected chi connectivity index (χ0v) is 12.3. The van der Waals surface area contributed by atoms with Crippen molar-refractivity contribution in [1.29, 1.82) is 0 Å². The summed E-state index contributed by atoms with van der Waals surface area (Å²) in [5.41, 5.74) is 6.71. The molecule has 0 aliphatic rings. The molecule has 0 aliphatic carbocycles. The van der Waals surface area contributed by atoms with E-state index >= 15 is 0 Å². The van der Waals surface area contributed by atoms with Crippen LogP contribution in [0.1, 0.15) is 10.4 Å². The van der Waals surface area contributed by atoms with Crippen LogP contribution in [0.25, 0.3) is 0 Å². The van der Waals surface area contributed by atoms with Crippen molar-refractivity contribution in [1.82, 2.24) is 4.98 Å². The van der Waals surface area contributed by atoms with E-state index in [9.17, 15) is 4.79 Å². The van der Waals surface area contributed by atoms with Gasteiger partial charge in [0.25, 0.3) is 5.91 Å². The second-order valence-corrected chi connectivity index (χ2v) is 5.23. The van der Waals surface area contributed by atoms with Gasteiger partial charge >= 0.3 is 0 Å². The normalized spacial score (nSPS) is 10.1. The number of hydrogen-bond acceptors (Lipinski definition) is 3. The number of rotatable bonds is 2. The highest BCUT2D eigenvalue weighted by atomic mass is 79.9. The van der Waals surface area contributed by atoms with Gasteiger partial charge in [-0.3, -0.25) is 4.79 Å². The molecule has 0 spiro atoms. The van der Waals surface area contributed by atoms with Crippen molar-refractivity contribution in [3.63, 3.8) is 0 Å². The highest BCUT2D eigenvalue weighted by molar-refractivity contribution is 9.11. The molecule has 0 unspecified atom stereocenters. The predicted molar refractivity (Wildman–Crippen MR) is 78.4 cm³/mol. The van der Waals surface area contributed by atoms with Crippen LogP contribution in [-0.2, 0) is 0 Å². The minimum Gasteiger partial charge on any atom is -0.398 e. The molecule has 0 bridgehead atoms. The first kappa shape index (κ1) is 13.0. The van der Waals surface area contributed by atoms with Crippen LogP contribution >= 0.6 is 31.9 Å². The van der Waals surface area contributed by atoms with Crippen LogP contribution in [0.4, 0.5) is 11.5 Å². The fourth-order valence-corrected chi connectivity index (χ4v) is 2.04. The Morgan fingerprint density at radius 1 is 1.22 bits per heavy atom. The summed E-state index contributed by atoms with van der Waals surface area (Å²) in [6, 6.07) is 8.65. The molecule has 0 saturated heterocycles. The SMILES string of the molecule is Nc1cccc(C(=O)Nc2ccc(Br)cn2)c1Br. The van der Waals surface area contributed by atoms with Crippen molar-refractivity contribution in [2.24, 2.45) is 0 Å². The highest BCUT2D eigenvalue weighted by Gasteiger charge is 2.12. The number of aromatic nitrogens is 1. The van der Waals surface area contributed by atoms with Crippen molar-refractivity contribution in [3.05, 3.63) is 51.0 Å². The smallest absolute Gasteiger partial charge is 0.258 e. The summed E-state index contributed by atoms with van der Waals surface area (Å²) < 4.78 is 1.44. The van der Waals surface area contributed by atoms with Crippen LogP contribution in [-0.4, -0.2) is 10.9 Å². The third-order valence-corrected chi connectivity index (χ3v) is 3.60. The number of carbonyl (C=O) groups excluding carboxylic acids is 1. The summed E-state index contributed by atoms with van der Waals surface area (Å²) in [5, 5.41) is 2.70. The van der Waals surface area contributed by atoms with Gasteiger partial charge in [0.15, 0.2) is 0 Å². The summed E-state index contributed by atoms with van der Waals surface area (Å²) in [7, 11) is 0. The summed E-state index contributed by atoms with van der Waals surface area (Å²) in [6.07, 6.45) is 1.62. The Labute approximate surface area is 121 Å². The minimum absolute atomic E-state index is 0.260. The number of nitrogen functional groups attached to an aromatic ring is 1. The Kier molecular flexibility index (Phi) is 3.98. The number of anilines is 2. The molecule has 1 heterocycles. The van der Waals surface area contributed by atoms with Crippen LogP contribution in [0, 0.1) is 0 Å². The lowest BCUT2D eigenvalue weighted by Crippen LogP contribution is -2.14. The van der Waals surface area contributed by atoms with Gasteiger partial charge in [0.05, 0.1) is 10.0 Å². The van der Waals surface area contributed by atoms with Crippen LogP contribution in [0.5, 0.6) is 0 Å². The van der Waals surface area contributed by atoms with E-state index in [0.29, 0.717) is 21.5 Å². The van der Waals surface area contributed by atoms with E-state index in [4.69, 9.17) is 5.73 Å². The van der Waals surface area contributed by atoms with E-state index < -0.39 is 0 Å². The van der Waals surface area contributed by atoms with E-state index in [0.717, 1.165) is 4.47 Å². The fourth-order valence-electron chi connectivity index (χ4n) is 1.36. The Bertz CT molecular complexity index is 584. The number of nitrogens with zero attached hydrogens (tertiary/aromatic N) is 1. The summed E-state index contributed by atoms with van der Waals surface area (Å²) in [4.78, 5) is 16.1. The summed E-state index contributed by atoms with van der Waals surface area (Å²) in [5.74, 6) is 0.224. The molecule has 92 valence electrons. The topological polar surface area (TPSA) is 68.0 Å². The third kappa shape index (κ3) is 2.88. The number of benzene rings is 1. The van der Waals surface area contributed by atoms with Gasteiger partial charge in [-0.25, -0.2) is 4.98 Å². The zero-order valence-electron chi connectivity index (χ0n) is 9.15. The lowest BCUT2D eigenvalue weighted by Gasteiger charge is -2.07. The number of halogens is 2. The average molecular weight is 371 g/mol. The maximum absolute atomic E-state index is 12.0. The molecule has 1 aromatic carbocycles. The fraction of sp³-hybridized carbons (Fsp3) is 0. The lowest BCUT2D eigenvalue weighted by atomic mass is 10.2. The molecule has 2 rings (SSSR count). The predicted octanol–water partition coefficient (Wildman–Crippen LogP) is 3.44. The zero-order chi connectivity index (χ0) is 13.1. The van der Waals surface area contributed by atoms with Gasteiger partial charge in [0, 0.05) is 16.4 Å². The molecular formula is C12H9Br2N3O. The maximum atomic E-state index is 12.0. The Balaban J connectivity index is 2.22. The van der Waals surface area contributed by atoms with Gasteiger partial charge in [0.1, 0.15) is 5.82 Å². The van der Waals surface area contributed by atoms with Crippen LogP contribution in [0.3, 0.4) is 0 Å². The van der Waals surface area contributed by atoms with Crippen LogP contribution in [0.15, 0.2) is 45.5 Å². The van der Waals surface area contributed by atoms with Crippen molar-refractivity contribution >= 4 is 49.3 Å². The molecule has 4 nitrogen and oxygen atoms in total. The first-order valence-electron chi connectivity index (χ1n) is 5.05. The number of nitrogens with two attached hydrogens (primary N) is 1. The van der Waals surface area contributed by atoms with E-state index in [-0.39, 0.29) is 5.91 Å². The number of carbonyl (C=O) groups is 1. The van der Waals surface area contributed by atoms with Crippen molar-refractivity contribution in [2.75, 3.05) is 11.1 Å². The van der Waals surface area contributed by atoms with Gasteiger partial charge in [-0.2, -0.15) is 0 Å². The minimum atomic E-state index is -0.260. The quantitative estimate of drug-likeness (QED) is 0.795. The number of hydrogen-bond donors (Lipinski definition) is 2. The number of amides is 1. The van der Waals surface area contributed by atoms with E-state index in [2.05, 4.69) is 42.2 Å². The number of pyridine rings is 1. The lowest BCUT2D eigenvalue weighted by molar-refractivity contribution is 0.102. The summed E-state index contributed by atoms with van der Waals surface area (Å²) >= 11 is 6.57. The van der Waals surface area contributed by atoms with Crippen LogP contribution in [0.2, 0.25) is 0 Å². The van der Waals surface area contributed by atoms with Gasteiger partial charge in [-0.1, -0.05) is 6.07 Å². The largest absolute Gasteiger partial charge is 0.398 e. The third-order valence-electron chi connectivity index (χ3n) is 2.24. The monoisotopic (exact) mass is 369 g/mol. The first-order chi connectivity index (χ1) is 8.58. The maximum Gasteiger partial charge on any atom is 0.258 e. The average Bonchev–Trinajstić information content (AvgIpc) is 2.35. The Morgan fingerprint density at radius 2 is 2.00 bits per heavy atom. The number of nitrogens with one attached hydrogen (secondary N) is 1. The molecule has 3 N–H and O–H groups in total. The van der Waals surface area contributed by atoms with Gasteiger partial charge in [-0.15, -0.1) is 0 Å². The Morgan fingerprint density at radius 3 is 2.67 bits per heavy atom. The molecule has 2 aromatic rings. The molecule has 0 radical (unpaired) electrons. The molecule has 0 atom stereocenters. The van der Waals surface area contributed by atoms with Gasteiger partial charge < -0.3 is 11.1 Å². The highest BCUT2D eigenvalue weighted by Crippen LogP contribution is 2.24. The Hall–Kier alpha value is -1.40. The van der Waals surface area contributed by atoms with Crippen molar-refractivity contribution < 1.29 is 4.79 Å². The first-order valence-corrected chi connectivity index (χ1v) is 6.63. The second-order valence-electron chi connectivity index (χ2n) is 3.52. The van der Waals surface area contributed by atoms with Gasteiger partial charge in [0.2, 0.25) is 0 Å². The molecule has 1 amide bonds. The second kappa shape index (κ2) is 5.49. The van der Waals surface area contributed by atoms with Crippen molar-refractivity contribution in [2.45, 2.75) is 0 Å². The summed E-state index contributed by atoms with van der Waals surface area (Å²) in [6.45, 7) is 0. The molecule has 0 fully saturated rings. The molecular weight excluding hydrogens is 362 g/mol. The van der Waals surface area contributed by atoms with E-state index in [1.807, 2.05) is 0 Å². The molecule has 6 heteroatoms. The molecule has 0 aliphatic heterocycles. The standard InChI is InChI=1S/C12H9Br2N3O/c13-7-4-5-10(16-6-7)17-12(18)8-2-1-3-9(15)11(8)14/h1-6H,15H2,(H,16,17,18). The van der Waals surface area contributed by atoms with E-state index in [1.165, 1.54) is 0 Å².